The Morgan fingerprint density at radius 3 is 2.77 bits per heavy atom. The Morgan fingerprint density at radius 1 is 1.54 bits per heavy atom. The van der Waals surface area contributed by atoms with Gasteiger partial charge in [0.2, 0.25) is 0 Å². The summed E-state index contributed by atoms with van der Waals surface area (Å²) >= 11 is 11.4. The average Bonchev–Trinajstić information content (AvgIpc) is 2.16. The van der Waals surface area contributed by atoms with Gasteiger partial charge in [0.25, 0.3) is 0 Å². The minimum Gasteiger partial charge on any atom is -0.496 e. The molecule has 0 heterocycles. The Labute approximate surface area is 87.0 Å². The molecule has 2 nitrogen and oxygen atoms in total. The number of ether oxygens (including phenoxy) is 1. The molecule has 0 aliphatic rings. The number of alkyl halides is 1. The number of hydrogen-bond acceptors (Lipinski definition) is 2. The number of aliphatic hydroxyl groups is 1. The fourth-order valence-electron chi connectivity index (χ4n) is 1.10. The Hall–Kier alpha value is -0.440. The molecule has 72 valence electrons. The van der Waals surface area contributed by atoms with Gasteiger partial charge in [0.05, 0.1) is 24.1 Å². The van der Waals surface area contributed by atoms with Crippen molar-refractivity contribution in [3.63, 3.8) is 0 Å². The summed E-state index contributed by atoms with van der Waals surface area (Å²) < 4.78 is 5.05. The molecule has 0 aliphatic heterocycles. The molecule has 0 saturated heterocycles. The van der Waals surface area contributed by atoms with Crippen molar-refractivity contribution < 1.29 is 9.84 Å². The van der Waals surface area contributed by atoms with Crippen molar-refractivity contribution in [1.29, 1.82) is 0 Å². The highest BCUT2D eigenvalue weighted by molar-refractivity contribution is 6.31. The number of halogens is 2. The highest BCUT2D eigenvalue weighted by Gasteiger charge is 2.15. The molecule has 0 aromatic heterocycles. The molecular formula is C9H10Cl2O2. The van der Waals surface area contributed by atoms with Crippen molar-refractivity contribution >= 4 is 23.2 Å². The molecule has 0 saturated carbocycles. The first kappa shape index (κ1) is 10.6. The predicted octanol–water partition coefficient (Wildman–Crippen LogP) is 2.62. The van der Waals surface area contributed by atoms with Gasteiger partial charge in [-0.05, 0) is 12.1 Å². The normalized spacial score (nSPS) is 12.6. The van der Waals surface area contributed by atoms with Gasteiger partial charge in [0.15, 0.2) is 0 Å². The first-order valence-corrected chi connectivity index (χ1v) is 4.68. The Bertz CT molecular complexity index is 289. The molecule has 1 aromatic carbocycles. The summed E-state index contributed by atoms with van der Waals surface area (Å²) in [5.74, 6) is 0.653. The van der Waals surface area contributed by atoms with Crippen LogP contribution < -0.4 is 4.74 Å². The quantitative estimate of drug-likeness (QED) is 0.795. The summed E-state index contributed by atoms with van der Waals surface area (Å²) in [6.07, 6.45) is -0.787. The second-order valence-electron chi connectivity index (χ2n) is 2.53. The van der Waals surface area contributed by atoms with Gasteiger partial charge in [-0.25, -0.2) is 0 Å². The van der Waals surface area contributed by atoms with E-state index in [0.717, 1.165) is 0 Å². The van der Waals surface area contributed by atoms with E-state index in [4.69, 9.17) is 27.9 Å². The molecule has 0 amide bonds. The van der Waals surface area contributed by atoms with Gasteiger partial charge in [-0.1, -0.05) is 17.7 Å². The monoisotopic (exact) mass is 220 g/mol. The Balaban J connectivity index is 3.14. The topological polar surface area (TPSA) is 29.5 Å². The van der Waals surface area contributed by atoms with Gasteiger partial charge >= 0.3 is 0 Å². The van der Waals surface area contributed by atoms with Crippen LogP contribution in [0.2, 0.25) is 5.02 Å². The SMILES string of the molecule is COc1cccc(Cl)c1[C@@H](O)CCl. The zero-order valence-electron chi connectivity index (χ0n) is 7.13. The number of benzene rings is 1. The first-order chi connectivity index (χ1) is 6.20. The van der Waals surface area contributed by atoms with E-state index >= 15 is 0 Å². The number of aliphatic hydroxyl groups excluding tert-OH is 1. The van der Waals surface area contributed by atoms with Crippen molar-refractivity contribution in [2.24, 2.45) is 0 Å². The first-order valence-electron chi connectivity index (χ1n) is 3.77. The summed E-state index contributed by atoms with van der Waals surface area (Å²) in [4.78, 5) is 0. The van der Waals surface area contributed by atoms with E-state index in [1.165, 1.54) is 7.11 Å². The van der Waals surface area contributed by atoms with Gasteiger partial charge in [-0.15, -0.1) is 11.6 Å². The minimum absolute atomic E-state index is 0.0973. The van der Waals surface area contributed by atoms with E-state index in [2.05, 4.69) is 0 Å². The number of methoxy groups -OCH3 is 1. The Kier molecular flexibility index (Phi) is 3.85. The molecule has 1 N–H and O–H groups in total. The molecule has 1 atom stereocenters. The van der Waals surface area contributed by atoms with Gasteiger partial charge in [-0.3, -0.25) is 0 Å². The van der Waals surface area contributed by atoms with Crippen molar-refractivity contribution in [2.45, 2.75) is 6.10 Å². The van der Waals surface area contributed by atoms with Crippen LogP contribution in [0.3, 0.4) is 0 Å². The van der Waals surface area contributed by atoms with Gasteiger partial charge in [-0.2, -0.15) is 0 Å². The maximum atomic E-state index is 9.53. The molecule has 0 spiro atoms. The zero-order chi connectivity index (χ0) is 9.84. The standard InChI is InChI=1S/C9H10Cl2O2/c1-13-8-4-2-3-6(11)9(8)7(12)5-10/h2-4,7,12H,5H2,1H3/t7-/m0/s1. The van der Waals surface area contributed by atoms with Crippen LogP contribution in [-0.2, 0) is 0 Å². The zero-order valence-corrected chi connectivity index (χ0v) is 8.64. The fourth-order valence-corrected chi connectivity index (χ4v) is 1.54. The van der Waals surface area contributed by atoms with Gasteiger partial charge in [0.1, 0.15) is 5.75 Å². The Morgan fingerprint density at radius 2 is 2.23 bits per heavy atom. The minimum atomic E-state index is -0.787. The van der Waals surface area contributed by atoms with Crippen LogP contribution in [0.5, 0.6) is 5.75 Å². The second-order valence-corrected chi connectivity index (χ2v) is 3.24. The van der Waals surface area contributed by atoms with Crippen LogP contribution in [-0.4, -0.2) is 18.1 Å². The fraction of sp³-hybridized carbons (Fsp3) is 0.333. The summed E-state index contributed by atoms with van der Waals surface area (Å²) in [6, 6.07) is 5.18. The van der Waals surface area contributed by atoms with E-state index < -0.39 is 6.10 Å². The van der Waals surface area contributed by atoms with E-state index in [1.807, 2.05) is 0 Å². The summed E-state index contributed by atoms with van der Waals surface area (Å²) in [7, 11) is 1.52. The summed E-state index contributed by atoms with van der Waals surface area (Å²) in [5, 5.41) is 9.99. The number of rotatable bonds is 3. The predicted molar refractivity (Wildman–Crippen MR) is 53.7 cm³/mol. The lowest BCUT2D eigenvalue weighted by atomic mass is 10.1. The second kappa shape index (κ2) is 4.70. The lowest BCUT2D eigenvalue weighted by Crippen LogP contribution is -2.02. The average molecular weight is 221 g/mol. The third-order valence-electron chi connectivity index (χ3n) is 1.71. The van der Waals surface area contributed by atoms with Crippen LogP contribution >= 0.6 is 23.2 Å². The van der Waals surface area contributed by atoms with Crippen LogP contribution in [0.4, 0.5) is 0 Å². The van der Waals surface area contributed by atoms with Gasteiger partial charge in [0, 0.05) is 5.56 Å². The molecule has 4 heteroatoms. The van der Waals surface area contributed by atoms with E-state index in [1.54, 1.807) is 18.2 Å². The highest BCUT2D eigenvalue weighted by atomic mass is 35.5. The maximum absolute atomic E-state index is 9.53. The molecular weight excluding hydrogens is 211 g/mol. The maximum Gasteiger partial charge on any atom is 0.126 e. The molecule has 0 aliphatic carbocycles. The molecule has 0 radical (unpaired) electrons. The van der Waals surface area contributed by atoms with Crippen LogP contribution in [0.1, 0.15) is 11.7 Å². The summed E-state index contributed by atoms with van der Waals surface area (Å²) in [6.45, 7) is 0. The molecule has 0 fully saturated rings. The summed E-state index contributed by atoms with van der Waals surface area (Å²) in [5.41, 5.74) is 0.543. The molecule has 1 aromatic rings. The largest absolute Gasteiger partial charge is 0.496 e. The third-order valence-corrected chi connectivity index (χ3v) is 2.33. The van der Waals surface area contributed by atoms with Gasteiger partial charge < -0.3 is 9.84 Å². The smallest absolute Gasteiger partial charge is 0.126 e. The van der Waals surface area contributed by atoms with Crippen molar-refractivity contribution in [3.8, 4) is 5.75 Å². The van der Waals surface area contributed by atoms with Crippen LogP contribution in [0.25, 0.3) is 0 Å². The van der Waals surface area contributed by atoms with Crippen molar-refractivity contribution in [3.05, 3.63) is 28.8 Å². The molecule has 13 heavy (non-hydrogen) atoms. The van der Waals surface area contributed by atoms with E-state index in [9.17, 15) is 5.11 Å². The van der Waals surface area contributed by atoms with Crippen LogP contribution in [0, 0.1) is 0 Å². The molecule has 1 rings (SSSR count). The van der Waals surface area contributed by atoms with E-state index in [0.29, 0.717) is 16.3 Å². The van der Waals surface area contributed by atoms with E-state index in [-0.39, 0.29) is 5.88 Å². The van der Waals surface area contributed by atoms with Crippen LogP contribution in [0.15, 0.2) is 18.2 Å². The van der Waals surface area contributed by atoms with Crippen molar-refractivity contribution in [1.82, 2.24) is 0 Å². The lowest BCUT2D eigenvalue weighted by Gasteiger charge is -2.13. The lowest BCUT2D eigenvalue weighted by molar-refractivity contribution is 0.197. The third kappa shape index (κ3) is 2.27. The molecule has 0 unspecified atom stereocenters. The number of hydrogen-bond donors (Lipinski definition) is 1. The van der Waals surface area contributed by atoms with Crippen molar-refractivity contribution in [2.75, 3.05) is 13.0 Å². The highest BCUT2D eigenvalue weighted by Crippen LogP contribution is 2.32. The molecule has 0 bridgehead atoms.